The number of benzene rings is 2. The van der Waals surface area contributed by atoms with Crippen LogP contribution in [0.15, 0.2) is 59.5 Å². The summed E-state index contributed by atoms with van der Waals surface area (Å²) < 4.78 is 1.19. The van der Waals surface area contributed by atoms with E-state index in [9.17, 15) is 9.59 Å². The summed E-state index contributed by atoms with van der Waals surface area (Å²) in [6, 6.07) is 13.2. The van der Waals surface area contributed by atoms with Crippen LogP contribution in [0.25, 0.3) is 10.8 Å². The number of nitrogens with one attached hydrogen (secondary N) is 1. The van der Waals surface area contributed by atoms with Crippen molar-refractivity contribution in [2.24, 2.45) is 0 Å². The Morgan fingerprint density at radius 3 is 2.61 bits per heavy atom. The zero-order valence-corrected chi connectivity index (χ0v) is 13.1. The lowest BCUT2D eigenvalue weighted by Crippen LogP contribution is -2.33. The van der Waals surface area contributed by atoms with Gasteiger partial charge in [-0.15, -0.1) is 0 Å². The van der Waals surface area contributed by atoms with Crippen molar-refractivity contribution in [2.75, 3.05) is 5.32 Å². The minimum absolute atomic E-state index is 0.290. The molecule has 0 fully saturated rings. The topological polar surface area (TPSA) is 64.0 Å². The monoisotopic (exact) mass is 327 g/mol. The largest absolute Gasteiger partial charge is 0.324 e. The predicted octanol–water partition coefficient (Wildman–Crippen LogP) is 3.25. The van der Waals surface area contributed by atoms with Gasteiger partial charge >= 0.3 is 0 Å². The molecule has 1 N–H and O–H groups in total. The smallest absolute Gasteiger partial charge is 0.275 e. The average molecular weight is 328 g/mol. The van der Waals surface area contributed by atoms with Gasteiger partial charge in [-0.05, 0) is 37.3 Å². The maximum Gasteiger partial charge on any atom is 0.275 e. The third kappa shape index (κ3) is 3.10. The van der Waals surface area contributed by atoms with Gasteiger partial charge in [-0.25, -0.2) is 4.68 Å². The summed E-state index contributed by atoms with van der Waals surface area (Å²) in [6.45, 7) is 1.63. The number of anilines is 1. The molecule has 0 aliphatic heterocycles. The molecule has 0 aliphatic carbocycles. The Morgan fingerprint density at radius 2 is 1.87 bits per heavy atom. The van der Waals surface area contributed by atoms with Gasteiger partial charge in [-0.2, -0.15) is 5.10 Å². The predicted molar refractivity (Wildman–Crippen MR) is 90.8 cm³/mol. The number of carbonyl (C=O) groups is 1. The lowest BCUT2D eigenvalue weighted by atomic mass is 10.2. The highest BCUT2D eigenvalue weighted by Crippen LogP contribution is 2.15. The molecule has 3 aromatic rings. The number of hydrogen-bond donors (Lipinski definition) is 1. The van der Waals surface area contributed by atoms with E-state index in [1.54, 1.807) is 49.5 Å². The number of fused-ring (bicyclic) bond motifs is 1. The maximum absolute atomic E-state index is 12.5. The van der Waals surface area contributed by atoms with E-state index in [0.717, 1.165) is 5.39 Å². The van der Waals surface area contributed by atoms with E-state index in [1.165, 1.54) is 4.68 Å². The molecule has 6 heteroatoms. The van der Waals surface area contributed by atoms with Gasteiger partial charge in [0.1, 0.15) is 6.04 Å². The van der Waals surface area contributed by atoms with Crippen LogP contribution in [0.1, 0.15) is 13.0 Å². The molecule has 0 saturated heterocycles. The number of aromatic nitrogens is 2. The van der Waals surface area contributed by atoms with Gasteiger partial charge in [0, 0.05) is 16.1 Å². The Kier molecular flexibility index (Phi) is 4.12. The standard InChI is InChI=1S/C17H14ClN3O2/c1-11(16(22)20-14-8-6-13(18)7-9-14)21-17(23)15-5-3-2-4-12(15)10-19-21/h2-11H,1H3,(H,20,22)/t11-/m0/s1. The zero-order valence-electron chi connectivity index (χ0n) is 12.4. The van der Waals surface area contributed by atoms with Crippen molar-refractivity contribution in [3.63, 3.8) is 0 Å². The molecule has 3 rings (SSSR count). The summed E-state index contributed by atoms with van der Waals surface area (Å²) in [5, 5.41) is 8.72. The van der Waals surface area contributed by atoms with Gasteiger partial charge in [-0.1, -0.05) is 29.8 Å². The van der Waals surface area contributed by atoms with E-state index in [0.29, 0.717) is 16.1 Å². The number of amides is 1. The molecule has 0 spiro atoms. The van der Waals surface area contributed by atoms with Crippen LogP contribution >= 0.6 is 11.6 Å². The van der Waals surface area contributed by atoms with Crippen LogP contribution in [0.2, 0.25) is 5.02 Å². The van der Waals surface area contributed by atoms with Gasteiger partial charge in [0.2, 0.25) is 5.91 Å². The Morgan fingerprint density at radius 1 is 1.17 bits per heavy atom. The molecule has 5 nitrogen and oxygen atoms in total. The highest BCUT2D eigenvalue weighted by atomic mass is 35.5. The molecule has 23 heavy (non-hydrogen) atoms. The van der Waals surface area contributed by atoms with E-state index in [4.69, 9.17) is 11.6 Å². The van der Waals surface area contributed by atoms with Crippen molar-refractivity contribution >= 4 is 34.0 Å². The molecule has 2 aromatic carbocycles. The zero-order chi connectivity index (χ0) is 16.4. The van der Waals surface area contributed by atoms with E-state index >= 15 is 0 Å². The van der Waals surface area contributed by atoms with E-state index < -0.39 is 6.04 Å². The molecule has 0 saturated carbocycles. The van der Waals surface area contributed by atoms with Crippen molar-refractivity contribution in [2.45, 2.75) is 13.0 Å². The molecule has 1 aromatic heterocycles. The fourth-order valence-corrected chi connectivity index (χ4v) is 2.40. The van der Waals surface area contributed by atoms with Crippen molar-refractivity contribution in [1.29, 1.82) is 0 Å². The minimum Gasteiger partial charge on any atom is -0.324 e. The van der Waals surface area contributed by atoms with Crippen LogP contribution in [0.3, 0.4) is 0 Å². The summed E-state index contributed by atoms with van der Waals surface area (Å²) in [4.78, 5) is 24.8. The van der Waals surface area contributed by atoms with Gasteiger partial charge in [0.05, 0.1) is 11.6 Å². The average Bonchev–Trinajstić information content (AvgIpc) is 2.57. The van der Waals surface area contributed by atoms with E-state index in [2.05, 4.69) is 10.4 Å². The molecular formula is C17H14ClN3O2. The first-order chi connectivity index (χ1) is 11.1. The molecule has 0 bridgehead atoms. The van der Waals surface area contributed by atoms with Gasteiger partial charge in [0.15, 0.2) is 0 Å². The Labute approximate surface area is 137 Å². The number of carbonyl (C=O) groups excluding carboxylic acids is 1. The van der Waals surface area contributed by atoms with Crippen molar-refractivity contribution in [1.82, 2.24) is 9.78 Å². The summed E-state index contributed by atoms with van der Waals surface area (Å²) >= 11 is 5.81. The molecule has 116 valence electrons. The fraction of sp³-hybridized carbons (Fsp3) is 0.118. The molecule has 0 unspecified atom stereocenters. The second kappa shape index (κ2) is 6.22. The van der Waals surface area contributed by atoms with Crippen LogP contribution in [-0.4, -0.2) is 15.7 Å². The Hall–Kier alpha value is -2.66. The minimum atomic E-state index is -0.734. The summed E-state index contributed by atoms with van der Waals surface area (Å²) in [6.07, 6.45) is 1.59. The second-order valence-electron chi connectivity index (χ2n) is 5.15. The first-order valence-corrected chi connectivity index (χ1v) is 7.47. The van der Waals surface area contributed by atoms with E-state index in [-0.39, 0.29) is 11.5 Å². The lowest BCUT2D eigenvalue weighted by Gasteiger charge is -2.14. The quantitative estimate of drug-likeness (QED) is 0.803. The molecular weight excluding hydrogens is 314 g/mol. The third-order valence-electron chi connectivity index (χ3n) is 3.58. The molecule has 1 heterocycles. The summed E-state index contributed by atoms with van der Waals surface area (Å²) in [5.74, 6) is -0.322. The first kappa shape index (κ1) is 15.2. The van der Waals surface area contributed by atoms with Crippen LogP contribution in [0, 0.1) is 0 Å². The molecule has 1 atom stereocenters. The number of hydrogen-bond acceptors (Lipinski definition) is 3. The Bertz CT molecular complexity index is 919. The molecule has 1 amide bonds. The van der Waals surface area contributed by atoms with Crippen LogP contribution in [0.4, 0.5) is 5.69 Å². The van der Waals surface area contributed by atoms with Crippen molar-refractivity contribution in [3.8, 4) is 0 Å². The number of rotatable bonds is 3. The Balaban J connectivity index is 1.89. The summed E-state index contributed by atoms with van der Waals surface area (Å²) in [7, 11) is 0. The van der Waals surface area contributed by atoms with Gasteiger partial charge < -0.3 is 5.32 Å². The second-order valence-corrected chi connectivity index (χ2v) is 5.59. The summed E-state index contributed by atoms with van der Waals surface area (Å²) in [5.41, 5.74) is 0.321. The maximum atomic E-state index is 12.5. The van der Waals surface area contributed by atoms with Crippen LogP contribution in [0.5, 0.6) is 0 Å². The number of nitrogens with zero attached hydrogens (tertiary/aromatic N) is 2. The molecule has 0 radical (unpaired) electrons. The van der Waals surface area contributed by atoms with Crippen LogP contribution in [-0.2, 0) is 4.79 Å². The lowest BCUT2D eigenvalue weighted by molar-refractivity contribution is -0.119. The highest BCUT2D eigenvalue weighted by Gasteiger charge is 2.18. The van der Waals surface area contributed by atoms with Gasteiger partial charge in [-0.3, -0.25) is 9.59 Å². The highest BCUT2D eigenvalue weighted by molar-refractivity contribution is 6.30. The third-order valence-corrected chi connectivity index (χ3v) is 3.83. The van der Waals surface area contributed by atoms with E-state index in [1.807, 2.05) is 12.1 Å². The van der Waals surface area contributed by atoms with Gasteiger partial charge in [0.25, 0.3) is 5.56 Å². The first-order valence-electron chi connectivity index (χ1n) is 7.09. The SMILES string of the molecule is C[C@@H](C(=O)Nc1ccc(Cl)cc1)n1ncc2ccccc2c1=O. The van der Waals surface area contributed by atoms with Crippen molar-refractivity contribution < 1.29 is 4.79 Å². The van der Waals surface area contributed by atoms with Crippen LogP contribution < -0.4 is 10.9 Å². The normalized spacial score (nSPS) is 12.1. The number of halogens is 1. The molecule has 0 aliphatic rings. The van der Waals surface area contributed by atoms with Crippen molar-refractivity contribution in [3.05, 3.63) is 70.1 Å². The fourth-order valence-electron chi connectivity index (χ4n) is 2.27.